The number of hydrogen-bond acceptors (Lipinski definition) is 3. The van der Waals surface area contributed by atoms with E-state index < -0.39 is 0 Å². The minimum Gasteiger partial charge on any atom is -1.00 e. The molecule has 3 rings (SSSR count). The molecule has 0 radical (unpaired) electrons. The van der Waals surface area contributed by atoms with Gasteiger partial charge in [-0.25, -0.2) is 0 Å². The molecule has 1 aliphatic heterocycles. The van der Waals surface area contributed by atoms with E-state index in [-0.39, 0.29) is 18.3 Å². The van der Waals surface area contributed by atoms with Crippen molar-refractivity contribution in [1.29, 1.82) is 0 Å². The molecule has 0 saturated heterocycles. The van der Waals surface area contributed by atoms with Crippen molar-refractivity contribution in [2.24, 2.45) is 0 Å². The summed E-state index contributed by atoms with van der Waals surface area (Å²) >= 11 is 7.85. The van der Waals surface area contributed by atoms with Crippen molar-refractivity contribution in [2.75, 3.05) is 24.5 Å². The minimum absolute atomic E-state index is 0. The van der Waals surface area contributed by atoms with Crippen LogP contribution in [0, 0.1) is 0 Å². The number of halogens is 2. The van der Waals surface area contributed by atoms with Gasteiger partial charge in [-0.05, 0) is 43.4 Å². The summed E-state index contributed by atoms with van der Waals surface area (Å²) in [6.07, 6.45) is 0. The molecule has 0 fully saturated rings. The van der Waals surface area contributed by atoms with Gasteiger partial charge in [-0.1, -0.05) is 49.3 Å². The Morgan fingerprint density at radius 2 is 1.75 bits per heavy atom. The van der Waals surface area contributed by atoms with Crippen LogP contribution in [0.25, 0.3) is 0 Å². The molecular weight excluding hydrogens is 363 g/mol. The summed E-state index contributed by atoms with van der Waals surface area (Å²) in [6, 6.07) is 13.7. The fraction of sp³-hybridized carbons (Fsp3) is 0.278. The number of carbonyl (C=O) groups excluding carboxylic acids is 1. The van der Waals surface area contributed by atoms with Crippen LogP contribution in [0.1, 0.15) is 13.8 Å². The van der Waals surface area contributed by atoms with Gasteiger partial charge in [0.2, 0.25) is 5.91 Å². The highest BCUT2D eigenvalue weighted by Gasteiger charge is 2.28. The number of hydrogen-bond donors (Lipinski definition) is 0. The summed E-state index contributed by atoms with van der Waals surface area (Å²) in [4.78, 5) is 19.1. The van der Waals surface area contributed by atoms with Gasteiger partial charge in [0.15, 0.2) is 0 Å². The second-order valence-corrected chi connectivity index (χ2v) is 6.89. The lowest BCUT2D eigenvalue weighted by atomic mass is 10.2. The third-order valence-corrected chi connectivity index (χ3v) is 5.36. The smallest absolute Gasteiger partial charge is 0.245 e. The number of nitrogens with zero attached hydrogens (tertiary/aromatic N) is 2. The van der Waals surface area contributed by atoms with Crippen molar-refractivity contribution in [3.8, 4) is 0 Å². The van der Waals surface area contributed by atoms with Crippen LogP contribution >= 0.6 is 23.4 Å². The Morgan fingerprint density at radius 3 is 2.46 bits per heavy atom. The van der Waals surface area contributed by atoms with E-state index in [1.807, 2.05) is 41.3 Å². The van der Waals surface area contributed by atoms with Gasteiger partial charge in [-0.3, -0.25) is 14.6 Å². The third kappa shape index (κ3) is 3.72. The molecule has 0 spiro atoms. The topological polar surface area (TPSA) is 23.6 Å². The maximum Gasteiger partial charge on any atom is 0.245 e. The van der Waals surface area contributed by atoms with E-state index in [0.29, 0.717) is 11.6 Å². The van der Waals surface area contributed by atoms with Gasteiger partial charge in [0.1, 0.15) is 0 Å². The molecule has 1 amide bonds. The molecule has 1 heterocycles. The summed E-state index contributed by atoms with van der Waals surface area (Å²) in [5.74, 6) is 0.0740. The first-order valence-electron chi connectivity index (χ1n) is 7.75. The van der Waals surface area contributed by atoms with E-state index in [1.54, 1.807) is 11.8 Å². The highest BCUT2D eigenvalue weighted by molar-refractivity contribution is 7.99. The number of carbonyl (C=O) groups is 1. The van der Waals surface area contributed by atoms with Crippen LogP contribution in [0.5, 0.6) is 0 Å². The largest absolute Gasteiger partial charge is 1.00 e. The lowest BCUT2D eigenvalue weighted by molar-refractivity contribution is -0.119. The molecule has 0 saturated carbocycles. The lowest BCUT2D eigenvalue weighted by Crippen LogP contribution is -3.00. The predicted molar refractivity (Wildman–Crippen MR) is 97.0 cm³/mol. The molecule has 0 unspecified atom stereocenters. The van der Waals surface area contributed by atoms with Gasteiger partial charge < -0.3 is 12.4 Å². The van der Waals surface area contributed by atoms with Gasteiger partial charge in [-0.15, -0.1) is 0 Å². The van der Waals surface area contributed by atoms with Crippen LogP contribution in [0.4, 0.5) is 11.4 Å². The third-order valence-electron chi connectivity index (χ3n) is 3.99. The molecule has 2 aromatic carbocycles. The molecule has 0 aliphatic carbocycles. The van der Waals surface area contributed by atoms with E-state index in [9.17, 15) is 4.79 Å². The SMILES string of the molecule is CCN(CC)CC(=O)N1c2ccccc2Sc2ccc(Cl)cc21.[Cl-]. The summed E-state index contributed by atoms with van der Waals surface area (Å²) < 4.78 is 0. The molecule has 0 N–H and O–H groups in total. The van der Waals surface area contributed by atoms with Crippen LogP contribution in [0.3, 0.4) is 0 Å². The van der Waals surface area contributed by atoms with E-state index in [1.165, 1.54) is 0 Å². The first-order chi connectivity index (χ1) is 11.1. The van der Waals surface area contributed by atoms with Crippen molar-refractivity contribution in [3.05, 3.63) is 47.5 Å². The lowest BCUT2D eigenvalue weighted by Gasteiger charge is -2.32. The van der Waals surface area contributed by atoms with Gasteiger partial charge in [0.05, 0.1) is 17.9 Å². The number of benzene rings is 2. The average molecular weight is 382 g/mol. The molecule has 0 bridgehead atoms. The van der Waals surface area contributed by atoms with Crippen LogP contribution in [0.2, 0.25) is 5.02 Å². The monoisotopic (exact) mass is 381 g/mol. The van der Waals surface area contributed by atoms with Crippen LogP contribution in [-0.4, -0.2) is 30.4 Å². The number of para-hydroxylation sites is 1. The standard InChI is InChI=1S/C18H19ClN2OS.ClH/c1-3-20(4-2)12-18(22)21-14-7-5-6-8-16(14)23-17-10-9-13(19)11-15(17)21;/h5-11H,3-4,12H2,1-2H3;1H/p-1. The highest BCUT2D eigenvalue weighted by Crippen LogP contribution is 2.48. The van der Waals surface area contributed by atoms with E-state index in [0.717, 1.165) is 34.3 Å². The Balaban J connectivity index is 0.00000208. The molecule has 24 heavy (non-hydrogen) atoms. The molecule has 0 atom stereocenters. The predicted octanol–water partition coefficient (Wildman–Crippen LogP) is 1.82. The molecule has 1 aliphatic rings. The van der Waals surface area contributed by atoms with E-state index in [4.69, 9.17) is 11.6 Å². The van der Waals surface area contributed by atoms with Crippen molar-refractivity contribution in [3.63, 3.8) is 0 Å². The molecule has 128 valence electrons. The second-order valence-electron chi connectivity index (χ2n) is 5.37. The number of amides is 1. The molecule has 0 aromatic heterocycles. The Hall–Kier alpha value is -1.20. The zero-order chi connectivity index (χ0) is 16.4. The van der Waals surface area contributed by atoms with Crippen molar-refractivity contribution < 1.29 is 17.2 Å². The normalized spacial score (nSPS) is 12.4. The maximum absolute atomic E-state index is 13.0. The summed E-state index contributed by atoms with van der Waals surface area (Å²) in [5.41, 5.74) is 1.81. The van der Waals surface area contributed by atoms with Crippen molar-refractivity contribution >= 4 is 40.6 Å². The zero-order valence-corrected chi connectivity index (χ0v) is 16.0. The Kier molecular flexibility index (Phi) is 6.58. The van der Waals surface area contributed by atoms with E-state index >= 15 is 0 Å². The first-order valence-corrected chi connectivity index (χ1v) is 8.95. The number of fused-ring (bicyclic) bond motifs is 2. The first kappa shape index (κ1) is 19.1. The summed E-state index contributed by atoms with van der Waals surface area (Å²) in [6.45, 7) is 6.25. The zero-order valence-electron chi connectivity index (χ0n) is 13.6. The van der Waals surface area contributed by atoms with Gasteiger partial charge >= 0.3 is 0 Å². The maximum atomic E-state index is 13.0. The average Bonchev–Trinajstić information content (AvgIpc) is 2.57. The molecule has 6 heteroatoms. The Bertz CT molecular complexity index is 735. The molecular formula is C18H19Cl2N2OS-. The van der Waals surface area contributed by atoms with Crippen LogP contribution in [-0.2, 0) is 4.79 Å². The van der Waals surface area contributed by atoms with Gasteiger partial charge in [0, 0.05) is 14.8 Å². The van der Waals surface area contributed by atoms with Crippen molar-refractivity contribution in [2.45, 2.75) is 23.6 Å². The van der Waals surface area contributed by atoms with Crippen LogP contribution in [0.15, 0.2) is 52.3 Å². The summed E-state index contributed by atoms with van der Waals surface area (Å²) in [5, 5.41) is 0.643. The molecule has 2 aromatic rings. The van der Waals surface area contributed by atoms with Gasteiger partial charge in [-0.2, -0.15) is 0 Å². The quantitative estimate of drug-likeness (QED) is 0.806. The van der Waals surface area contributed by atoms with Crippen molar-refractivity contribution in [1.82, 2.24) is 4.90 Å². The van der Waals surface area contributed by atoms with Gasteiger partial charge in [0.25, 0.3) is 0 Å². The Labute approximate surface area is 158 Å². The number of likely N-dealkylation sites (N-methyl/N-ethyl adjacent to an activating group) is 1. The van der Waals surface area contributed by atoms with E-state index in [2.05, 4.69) is 24.8 Å². The number of rotatable bonds is 4. The number of anilines is 2. The minimum atomic E-state index is 0. The highest BCUT2D eigenvalue weighted by atomic mass is 35.5. The summed E-state index contributed by atoms with van der Waals surface area (Å²) in [7, 11) is 0. The molecule has 3 nitrogen and oxygen atoms in total. The fourth-order valence-electron chi connectivity index (χ4n) is 2.71. The van der Waals surface area contributed by atoms with Crippen LogP contribution < -0.4 is 17.3 Å². The Morgan fingerprint density at radius 1 is 1.08 bits per heavy atom. The fourth-order valence-corrected chi connectivity index (χ4v) is 3.91. The second kappa shape index (κ2) is 8.26.